The van der Waals surface area contributed by atoms with E-state index in [2.05, 4.69) is 146 Å². The second-order valence-corrected chi connectivity index (χ2v) is 13.5. The maximum Gasteiger partial charge on any atom is 0.0211 e. The van der Waals surface area contributed by atoms with Crippen molar-refractivity contribution < 1.29 is 0 Å². The lowest BCUT2D eigenvalue weighted by atomic mass is 9.72. The molecule has 0 heterocycles. The zero-order valence-electron chi connectivity index (χ0n) is 25.4. The standard InChI is InChI=1S/C46H30/c1-2-10-27(11-3-1)32-15-8-9-17-34(32)44-33-16-7-6-14-30(33)22-31-25-42-37-19-18-35-40-23-28-12-4-5-13-29(28)24-41(40)36-20-21-38(46(37)45(35)36)43(42)26-39(31)44/h1-2,4-10,12-26,45-46H,3,11H2. The molecule has 0 radical (unpaired) electrons. The van der Waals surface area contributed by atoms with Crippen LogP contribution in [0.2, 0.25) is 0 Å². The molecular weight excluding hydrogens is 553 g/mol. The molecule has 0 N–H and O–H groups in total. The number of hydrogen-bond donors (Lipinski definition) is 0. The fourth-order valence-electron chi connectivity index (χ4n) is 9.27. The first-order chi connectivity index (χ1) is 22.8. The molecule has 0 heteroatoms. The summed E-state index contributed by atoms with van der Waals surface area (Å²) in [6.07, 6.45) is 18.8. The minimum absolute atomic E-state index is 0.367. The summed E-state index contributed by atoms with van der Waals surface area (Å²) in [6, 6.07) is 39.2. The Morgan fingerprint density at radius 3 is 1.59 bits per heavy atom. The molecule has 2 unspecified atom stereocenters. The number of rotatable bonds is 2. The number of allylic oxidation sites excluding steroid dienone is 12. The number of hydrogen-bond acceptors (Lipinski definition) is 0. The van der Waals surface area contributed by atoms with E-state index in [1.54, 1.807) is 0 Å². The third kappa shape index (κ3) is 3.24. The predicted octanol–water partition coefficient (Wildman–Crippen LogP) is 12.1. The quantitative estimate of drug-likeness (QED) is 0.178. The van der Waals surface area contributed by atoms with E-state index in [9.17, 15) is 0 Å². The first-order valence-corrected chi connectivity index (χ1v) is 16.6. The third-order valence-corrected chi connectivity index (χ3v) is 11.2. The van der Waals surface area contributed by atoms with Gasteiger partial charge >= 0.3 is 0 Å². The maximum absolute atomic E-state index is 2.54. The van der Waals surface area contributed by atoms with Crippen LogP contribution in [0.25, 0.3) is 71.3 Å². The van der Waals surface area contributed by atoms with Crippen LogP contribution in [0.15, 0.2) is 146 Å². The summed E-state index contributed by atoms with van der Waals surface area (Å²) < 4.78 is 0. The van der Waals surface area contributed by atoms with Gasteiger partial charge in [-0.3, -0.25) is 0 Å². The molecule has 0 fully saturated rings. The van der Waals surface area contributed by atoms with Gasteiger partial charge < -0.3 is 0 Å². The molecule has 214 valence electrons. The van der Waals surface area contributed by atoms with Gasteiger partial charge in [-0.15, -0.1) is 0 Å². The Morgan fingerprint density at radius 2 is 0.957 bits per heavy atom. The Hall–Kier alpha value is -5.46. The zero-order valence-corrected chi connectivity index (χ0v) is 25.4. The lowest BCUT2D eigenvalue weighted by molar-refractivity contribution is 0.758. The molecule has 2 atom stereocenters. The monoisotopic (exact) mass is 582 g/mol. The molecular formula is C46H30. The molecule has 5 aliphatic rings. The van der Waals surface area contributed by atoms with Crippen molar-refractivity contribution in [3.8, 4) is 11.1 Å². The van der Waals surface area contributed by atoms with Gasteiger partial charge in [0.2, 0.25) is 0 Å². The molecule has 6 aromatic carbocycles. The van der Waals surface area contributed by atoms with Crippen molar-refractivity contribution in [1.82, 2.24) is 0 Å². The van der Waals surface area contributed by atoms with E-state index in [1.165, 1.54) is 99.1 Å². The van der Waals surface area contributed by atoms with Crippen LogP contribution in [0.4, 0.5) is 0 Å². The maximum atomic E-state index is 2.54. The normalized spacial score (nSPS) is 20.1. The van der Waals surface area contributed by atoms with Crippen LogP contribution >= 0.6 is 0 Å². The molecule has 0 saturated carbocycles. The van der Waals surface area contributed by atoms with Gasteiger partial charge in [0.15, 0.2) is 0 Å². The van der Waals surface area contributed by atoms with Gasteiger partial charge in [-0.2, -0.15) is 0 Å². The van der Waals surface area contributed by atoms with Gasteiger partial charge in [-0.25, -0.2) is 0 Å². The van der Waals surface area contributed by atoms with Crippen molar-refractivity contribution in [1.29, 1.82) is 0 Å². The van der Waals surface area contributed by atoms with Crippen molar-refractivity contribution in [2.45, 2.75) is 12.8 Å². The summed E-state index contributed by atoms with van der Waals surface area (Å²) >= 11 is 0. The summed E-state index contributed by atoms with van der Waals surface area (Å²) in [7, 11) is 0. The molecule has 5 aliphatic carbocycles. The summed E-state index contributed by atoms with van der Waals surface area (Å²) in [6.45, 7) is 0. The average molecular weight is 583 g/mol. The smallest absolute Gasteiger partial charge is 0.0211 e. The molecule has 0 amide bonds. The molecule has 6 aromatic rings. The molecule has 0 bridgehead atoms. The molecule has 46 heavy (non-hydrogen) atoms. The fourth-order valence-corrected chi connectivity index (χ4v) is 9.27. The van der Waals surface area contributed by atoms with E-state index in [4.69, 9.17) is 0 Å². The van der Waals surface area contributed by atoms with Crippen LogP contribution in [0.5, 0.6) is 0 Å². The van der Waals surface area contributed by atoms with Gasteiger partial charge in [-0.1, -0.05) is 115 Å². The van der Waals surface area contributed by atoms with E-state index in [0.29, 0.717) is 11.8 Å². The molecule has 0 nitrogen and oxygen atoms in total. The Morgan fingerprint density at radius 1 is 0.413 bits per heavy atom. The highest BCUT2D eigenvalue weighted by Crippen LogP contribution is 2.63. The van der Waals surface area contributed by atoms with Crippen molar-refractivity contribution in [3.05, 3.63) is 173 Å². The summed E-state index contributed by atoms with van der Waals surface area (Å²) in [5.41, 5.74) is 17.1. The molecule has 0 saturated heterocycles. The topological polar surface area (TPSA) is 0 Å². The van der Waals surface area contributed by atoms with Crippen LogP contribution in [0.3, 0.4) is 0 Å². The fraction of sp³-hybridized carbons (Fsp3) is 0.0870. The van der Waals surface area contributed by atoms with Crippen LogP contribution < -0.4 is 0 Å². The van der Waals surface area contributed by atoms with E-state index < -0.39 is 0 Å². The predicted molar refractivity (Wildman–Crippen MR) is 196 cm³/mol. The first kappa shape index (κ1) is 24.8. The lowest BCUT2D eigenvalue weighted by Gasteiger charge is -2.30. The van der Waals surface area contributed by atoms with E-state index >= 15 is 0 Å². The number of fused-ring (bicyclic) bond motifs is 9. The second-order valence-electron chi connectivity index (χ2n) is 13.5. The van der Waals surface area contributed by atoms with Crippen molar-refractivity contribution in [3.63, 3.8) is 0 Å². The van der Waals surface area contributed by atoms with Crippen LogP contribution in [0.1, 0.15) is 40.7 Å². The second kappa shape index (κ2) is 9.05. The highest BCUT2D eigenvalue weighted by atomic mass is 14.5. The summed E-state index contributed by atoms with van der Waals surface area (Å²) in [5.74, 6) is 0.750. The SMILES string of the molecule is C1=CCCC(c2ccccc2-c2c3ccccc3cc3cc4c(cc23)C2=CC=C3c5cc6ccccc6cc5C5=CC=C4C2C53)=C1. The van der Waals surface area contributed by atoms with Gasteiger partial charge in [0, 0.05) is 11.8 Å². The van der Waals surface area contributed by atoms with E-state index in [-0.39, 0.29) is 0 Å². The van der Waals surface area contributed by atoms with Crippen molar-refractivity contribution in [2.24, 2.45) is 11.8 Å². The Bertz CT molecular complexity index is 2570. The van der Waals surface area contributed by atoms with Crippen LogP contribution in [0, 0.1) is 11.8 Å². The van der Waals surface area contributed by atoms with Crippen LogP contribution in [-0.4, -0.2) is 0 Å². The molecule has 11 rings (SSSR count). The third-order valence-electron chi connectivity index (χ3n) is 11.2. The van der Waals surface area contributed by atoms with Crippen molar-refractivity contribution in [2.75, 3.05) is 0 Å². The van der Waals surface area contributed by atoms with Crippen molar-refractivity contribution >= 4 is 60.2 Å². The lowest BCUT2D eigenvalue weighted by Crippen LogP contribution is -2.17. The summed E-state index contributed by atoms with van der Waals surface area (Å²) in [4.78, 5) is 0. The van der Waals surface area contributed by atoms with Gasteiger partial charge in [0.05, 0.1) is 0 Å². The van der Waals surface area contributed by atoms with Gasteiger partial charge in [0.1, 0.15) is 0 Å². The Kier molecular flexibility index (Phi) is 4.88. The Balaban J connectivity index is 1.17. The highest BCUT2D eigenvalue weighted by molar-refractivity contribution is 6.17. The van der Waals surface area contributed by atoms with Crippen LogP contribution in [-0.2, 0) is 0 Å². The van der Waals surface area contributed by atoms with E-state index in [1.807, 2.05) is 0 Å². The minimum Gasteiger partial charge on any atom is -0.0842 e. The largest absolute Gasteiger partial charge is 0.0842 e. The van der Waals surface area contributed by atoms with E-state index in [0.717, 1.165) is 12.8 Å². The molecule has 0 spiro atoms. The first-order valence-electron chi connectivity index (χ1n) is 16.6. The average Bonchev–Trinajstić information content (AvgIpc) is 3.60. The Labute approximate surface area is 268 Å². The highest BCUT2D eigenvalue weighted by Gasteiger charge is 2.47. The zero-order chi connectivity index (χ0) is 29.9. The van der Waals surface area contributed by atoms with Gasteiger partial charge in [-0.05, 0) is 142 Å². The van der Waals surface area contributed by atoms with Gasteiger partial charge in [0.25, 0.3) is 0 Å². The minimum atomic E-state index is 0.367. The molecule has 0 aliphatic heterocycles. The number of benzene rings is 6. The molecule has 0 aromatic heterocycles. The summed E-state index contributed by atoms with van der Waals surface area (Å²) in [5, 5.41) is 7.94.